The van der Waals surface area contributed by atoms with E-state index in [1.54, 1.807) is 54.6 Å². The number of rotatable bonds is 3. The zero-order valence-corrected chi connectivity index (χ0v) is 13.6. The van der Waals surface area contributed by atoms with E-state index in [1.807, 2.05) is 6.07 Å². The standard InChI is InChI=1S/C20H18O6/c21-14-13(11-7-3-1-4-8-11)20(25,18(24)16(23)15(14)22)19-17(26-19)12-9-5-2-6-10-12/h1-10,15-16,18,21-25H/t15-,16-,18+,20-/m1/s1. The molecule has 0 aromatic heterocycles. The van der Waals surface area contributed by atoms with Crippen molar-refractivity contribution in [3.05, 3.63) is 83.3 Å². The van der Waals surface area contributed by atoms with Gasteiger partial charge in [-0.2, -0.15) is 0 Å². The van der Waals surface area contributed by atoms with Crippen LogP contribution in [-0.4, -0.2) is 49.4 Å². The molecule has 0 radical (unpaired) electrons. The average Bonchev–Trinajstić information content (AvgIpc) is 3.48. The third-order valence-electron chi connectivity index (χ3n) is 4.81. The van der Waals surface area contributed by atoms with Gasteiger partial charge in [0, 0.05) is 11.1 Å². The van der Waals surface area contributed by atoms with E-state index >= 15 is 0 Å². The summed E-state index contributed by atoms with van der Waals surface area (Å²) in [6.07, 6.45) is -5.29. The molecular formula is C20H18O6. The molecule has 1 aliphatic carbocycles. The molecule has 4 atom stereocenters. The molecule has 6 heteroatoms. The molecule has 134 valence electrons. The highest BCUT2D eigenvalue weighted by molar-refractivity contribution is 5.86. The molecule has 1 aliphatic heterocycles. The van der Waals surface area contributed by atoms with Gasteiger partial charge in [0.1, 0.15) is 24.1 Å². The smallest absolute Gasteiger partial charge is 0.186 e. The highest BCUT2D eigenvalue weighted by atomic mass is 16.6. The number of benzene rings is 2. The van der Waals surface area contributed by atoms with E-state index in [0.29, 0.717) is 16.9 Å². The summed E-state index contributed by atoms with van der Waals surface area (Å²) < 4.78 is 5.48. The summed E-state index contributed by atoms with van der Waals surface area (Å²) in [5.41, 5.74) is -1.21. The summed E-state index contributed by atoms with van der Waals surface area (Å²) >= 11 is 0. The summed E-state index contributed by atoms with van der Waals surface area (Å²) in [4.78, 5) is 0. The Hall–Kier alpha value is -2.64. The van der Waals surface area contributed by atoms with Gasteiger partial charge in [0.2, 0.25) is 0 Å². The van der Waals surface area contributed by atoms with Crippen LogP contribution in [0, 0.1) is 0 Å². The lowest BCUT2D eigenvalue weighted by Gasteiger charge is -2.41. The fraction of sp³-hybridized carbons (Fsp3) is 0.200. The molecule has 2 aromatic rings. The minimum Gasteiger partial charge on any atom is -0.509 e. The molecule has 5 N–H and O–H groups in total. The third-order valence-corrected chi connectivity index (χ3v) is 4.81. The summed E-state index contributed by atoms with van der Waals surface area (Å²) in [6.45, 7) is 0. The summed E-state index contributed by atoms with van der Waals surface area (Å²) in [6, 6.07) is 17.4. The lowest BCUT2D eigenvalue weighted by molar-refractivity contribution is -0.130. The van der Waals surface area contributed by atoms with Gasteiger partial charge >= 0.3 is 0 Å². The van der Waals surface area contributed by atoms with Crippen LogP contribution in [0.5, 0.6) is 0 Å². The highest BCUT2D eigenvalue weighted by Crippen LogP contribution is 2.53. The van der Waals surface area contributed by atoms with Crippen LogP contribution in [-0.2, 0) is 4.74 Å². The van der Waals surface area contributed by atoms with Crippen molar-refractivity contribution in [3.63, 3.8) is 0 Å². The topological polar surface area (TPSA) is 114 Å². The molecule has 0 saturated carbocycles. The summed E-state index contributed by atoms with van der Waals surface area (Å²) in [5, 5.41) is 52.6. The van der Waals surface area contributed by atoms with Crippen LogP contribution in [0.1, 0.15) is 11.1 Å². The average molecular weight is 354 g/mol. The van der Waals surface area contributed by atoms with Gasteiger partial charge in [-0.15, -0.1) is 0 Å². The van der Waals surface area contributed by atoms with E-state index < -0.39 is 29.7 Å². The molecule has 6 nitrogen and oxygen atoms in total. The van der Waals surface area contributed by atoms with Crippen LogP contribution in [0.25, 0.3) is 11.3 Å². The first-order valence-corrected chi connectivity index (χ1v) is 8.20. The second kappa shape index (κ2) is 5.96. The molecular weight excluding hydrogens is 336 g/mol. The normalized spacial score (nSPS) is 31.0. The minimum atomic E-state index is -2.20. The molecule has 0 bridgehead atoms. The van der Waals surface area contributed by atoms with E-state index in [1.165, 1.54) is 0 Å². The predicted octanol–water partition coefficient (Wildman–Crippen LogP) is 1.18. The number of hydrogen-bond donors (Lipinski definition) is 5. The Morgan fingerprint density at radius 3 is 1.92 bits per heavy atom. The Bertz CT molecular complexity index is 889. The van der Waals surface area contributed by atoms with E-state index in [2.05, 4.69) is 0 Å². The van der Waals surface area contributed by atoms with Crippen molar-refractivity contribution in [2.75, 3.05) is 0 Å². The van der Waals surface area contributed by atoms with Gasteiger partial charge in [0.15, 0.2) is 17.1 Å². The Labute approximate surface area is 149 Å². The maximum absolute atomic E-state index is 11.4. The number of aliphatic hydroxyl groups is 5. The minimum absolute atomic E-state index is 0.0348. The van der Waals surface area contributed by atoms with Crippen LogP contribution in [0.15, 0.2) is 72.2 Å². The summed E-state index contributed by atoms with van der Waals surface area (Å²) in [5.74, 6) is -0.212. The highest BCUT2D eigenvalue weighted by Gasteiger charge is 2.60. The van der Waals surface area contributed by atoms with Crippen molar-refractivity contribution in [3.8, 4) is 0 Å². The first-order chi connectivity index (χ1) is 12.5. The second-order valence-electron chi connectivity index (χ2n) is 6.40. The zero-order valence-electron chi connectivity index (χ0n) is 13.6. The largest absolute Gasteiger partial charge is 0.509 e. The lowest BCUT2D eigenvalue weighted by Crippen LogP contribution is -2.58. The number of hydrogen-bond acceptors (Lipinski definition) is 6. The number of aliphatic hydroxyl groups excluding tert-OH is 4. The predicted molar refractivity (Wildman–Crippen MR) is 93.4 cm³/mol. The molecule has 0 spiro atoms. The Morgan fingerprint density at radius 1 is 0.808 bits per heavy atom. The van der Waals surface area contributed by atoms with Crippen molar-refractivity contribution in [2.24, 2.45) is 0 Å². The van der Waals surface area contributed by atoms with Crippen LogP contribution in [0.2, 0.25) is 0 Å². The number of ether oxygens (including phenoxy) is 1. The van der Waals surface area contributed by atoms with Gasteiger partial charge in [0.05, 0.1) is 0 Å². The van der Waals surface area contributed by atoms with E-state index in [9.17, 15) is 25.5 Å². The van der Waals surface area contributed by atoms with Crippen LogP contribution in [0.4, 0.5) is 0 Å². The quantitative estimate of drug-likeness (QED) is 0.566. The zero-order chi connectivity index (χ0) is 18.5. The van der Waals surface area contributed by atoms with E-state index in [-0.39, 0.29) is 11.3 Å². The van der Waals surface area contributed by atoms with Crippen LogP contribution < -0.4 is 0 Å². The molecule has 2 aromatic carbocycles. The van der Waals surface area contributed by atoms with Crippen LogP contribution >= 0.6 is 0 Å². The molecule has 26 heavy (non-hydrogen) atoms. The molecule has 0 unspecified atom stereocenters. The van der Waals surface area contributed by atoms with Gasteiger partial charge < -0.3 is 30.3 Å². The van der Waals surface area contributed by atoms with E-state index in [4.69, 9.17) is 4.74 Å². The third kappa shape index (κ3) is 2.35. The van der Waals surface area contributed by atoms with Gasteiger partial charge in [-0.1, -0.05) is 60.7 Å². The van der Waals surface area contributed by atoms with E-state index in [0.717, 1.165) is 0 Å². The van der Waals surface area contributed by atoms with Gasteiger partial charge in [-0.3, -0.25) is 0 Å². The maximum atomic E-state index is 11.4. The SMILES string of the molecule is OC1=C(c2ccccc2)[C@](O)(C2=C(c3ccccc3)O2)[C@@H](O)[C@H](O)[C@@H]1O. The van der Waals surface area contributed by atoms with Crippen molar-refractivity contribution in [1.29, 1.82) is 0 Å². The molecule has 0 fully saturated rings. The van der Waals surface area contributed by atoms with Crippen molar-refractivity contribution < 1.29 is 30.3 Å². The van der Waals surface area contributed by atoms with Crippen LogP contribution in [0.3, 0.4) is 0 Å². The maximum Gasteiger partial charge on any atom is 0.186 e. The monoisotopic (exact) mass is 354 g/mol. The van der Waals surface area contributed by atoms with Crippen molar-refractivity contribution in [2.45, 2.75) is 23.9 Å². The molecule has 0 amide bonds. The van der Waals surface area contributed by atoms with Gasteiger partial charge in [0.25, 0.3) is 0 Å². The molecule has 4 rings (SSSR count). The fourth-order valence-corrected chi connectivity index (χ4v) is 3.40. The molecule has 2 aliphatic rings. The lowest BCUT2D eigenvalue weighted by atomic mass is 9.73. The van der Waals surface area contributed by atoms with Crippen molar-refractivity contribution >= 4 is 11.3 Å². The second-order valence-corrected chi connectivity index (χ2v) is 6.40. The molecule has 1 heterocycles. The first kappa shape index (κ1) is 16.8. The molecule has 0 saturated heterocycles. The fourth-order valence-electron chi connectivity index (χ4n) is 3.40. The Morgan fingerprint density at radius 2 is 1.35 bits per heavy atom. The summed E-state index contributed by atoms with van der Waals surface area (Å²) in [7, 11) is 0. The van der Waals surface area contributed by atoms with Gasteiger partial charge in [-0.05, 0) is 5.56 Å². The first-order valence-electron chi connectivity index (χ1n) is 8.20. The van der Waals surface area contributed by atoms with Gasteiger partial charge in [-0.25, -0.2) is 0 Å². The Kier molecular flexibility index (Phi) is 3.86. The van der Waals surface area contributed by atoms with Crippen molar-refractivity contribution in [1.82, 2.24) is 0 Å². The Balaban J connectivity index is 1.91.